The number of nitrogens with one attached hydrogen (secondary N) is 3. The van der Waals surface area contributed by atoms with E-state index < -0.39 is 0 Å². The molecule has 0 saturated carbocycles. The van der Waals surface area contributed by atoms with Crippen molar-refractivity contribution >= 4 is 5.91 Å². The number of ether oxygens (including phenoxy) is 1. The number of para-hydroxylation sites is 1. The molecule has 0 aliphatic rings. The second-order valence-corrected chi connectivity index (χ2v) is 6.92. The fourth-order valence-electron chi connectivity index (χ4n) is 2.10. The molecule has 0 spiro atoms. The van der Waals surface area contributed by atoms with Gasteiger partial charge in [0, 0.05) is 37.3 Å². The second-order valence-electron chi connectivity index (χ2n) is 6.92. The third-order valence-corrected chi connectivity index (χ3v) is 3.08. The van der Waals surface area contributed by atoms with Crippen LogP contribution in [0.3, 0.4) is 0 Å². The summed E-state index contributed by atoms with van der Waals surface area (Å²) in [5.41, 5.74) is 0.747. The van der Waals surface area contributed by atoms with E-state index in [-0.39, 0.29) is 24.2 Å². The van der Waals surface area contributed by atoms with Crippen LogP contribution in [0.1, 0.15) is 33.3 Å². The van der Waals surface area contributed by atoms with E-state index in [2.05, 4.69) is 16.0 Å². The van der Waals surface area contributed by atoms with E-state index in [0.29, 0.717) is 18.8 Å². The van der Waals surface area contributed by atoms with Crippen molar-refractivity contribution in [3.05, 3.63) is 29.8 Å². The highest BCUT2D eigenvalue weighted by molar-refractivity contribution is 5.78. The highest BCUT2D eigenvalue weighted by Crippen LogP contribution is 2.17. The van der Waals surface area contributed by atoms with Gasteiger partial charge in [-0.2, -0.15) is 0 Å². The number of benzene rings is 1. The molecule has 1 unspecified atom stereocenters. The molecule has 0 aliphatic carbocycles. The maximum absolute atomic E-state index is 11.9. The van der Waals surface area contributed by atoms with Gasteiger partial charge in [0.1, 0.15) is 5.75 Å². The average molecular weight is 337 g/mol. The van der Waals surface area contributed by atoms with Gasteiger partial charge in [0.25, 0.3) is 5.91 Å². The van der Waals surface area contributed by atoms with Crippen molar-refractivity contribution in [2.75, 3.05) is 26.2 Å². The van der Waals surface area contributed by atoms with Crippen LogP contribution < -0.4 is 20.7 Å². The monoisotopic (exact) mass is 337 g/mol. The zero-order valence-corrected chi connectivity index (χ0v) is 15.2. The molecule has 24 heavy (non-hydrogen) atoms. The van der Waals surface area contributed by atoms with Crippen LogP contribution in [0, 0.1) is 0 Å². The van der Waals surface area contributed by atoms with Crippen molar-refractivity contribution in [2.24, 2.45) is 0 Å². The number of hydrogen-bond acceptors (Lipinski definition) is 5. The van der Waals surface area contributed by atoms with E-state index in [1.165, 1.54) is 0 Å². The van der Waals surface area contributed by atoms with Gasteiger partial charge in [0.2, 0.25) is 0 Å². The summed E-state index contributed by atoms with van der Waals surface area (Å²) in [4.78, 5) is 11.9. The molecule has 0 aliphatic heterocycles. The molecule has 1 amide bonds. The minimum atomic E-state index is -0.335. The minimum absolute atomic E-state index is 0.00419. The van der Waals surface area contributed by atoms with Crippen LogP contribution in [0.2, 0.25) is 0 Å². The summed E-state index contributed by atoms with van der Waals surface area (Å²) < 4.78 is 5.65. The van der Waals surface area contributed by atoms with Gasteiger partial charge in [-0.3, -0.25) is 4.79 Å². The molecule has 4 N–H and O–H groups in total. The number of carbonyl (C=O) groups excluding carboxylic acids is 1. The molecule has 1 aromatic rings. The van der Waals surface area contributed by atoms with Crippen molar-refractivity contribution in [3.63, 3.8) is 0 Å². The summed E-state index contributed by atoms with van der Waals surface area (Å²) in [7, 11) is 0. The quantitative estimate of drug-likeness (QED) is 0.480. The molecule has 6 heteroatoms. The first kappa shape index (κ1) is 20.4. The zero-order chi connectivity index (χ0) is 18.0. The Bertz CT molecular complexity index is 499. The van der Waals surface area contributed by atoms with E-state index in [9.17, 15) is 4.79 Å². The third kappa shape index (κ3) is 9.50. The standard InChI is InChI=1S/C18H31N3O3/c1-14(22)11-19-9-10-20-12-15-7-5-6-8-16(15)24-13-17(23)21-18(2,3)4/h5-8,14,19-20,22H,9-13H2,1-4H3,(H,21,23). The highest BCUT2D eigenvalue weighted by Gasteiger charge is 2.14. The predicted molar refractivity (Wildman–Crippen MR) is 96.1 cm³/mol. The lowest BCUT2D eigenvalue weighted by molar-refractivity contribution is -0.124. The van der Waals surface area contributed by atoms with Crippen LogP contribution in [0.15, 0.2) is 24.3 Å². The van der Waals surface area contributed by atoms with Gasteiger partial charge in [-0.25, -0.2) is 0 Å². The maximum atomic E-state index is 11.9. The van der Waals surface area contributed by atoms with Crippen LogP contribution in [-0.2, 0) is 11.3 Å². The molecule has 136 valence electrons. The van der Waals surface area contributed by atoms with Gasteiger partial charge >= 0.3 is 0 Å². The Labute approximate surface area is 145 Å². The molecular weight excluding hydrogens is 306 g/mol. The average Bonchev–Trinajstić information content (AvgIpc) is 2.47. The van der Waals surface area contributed by atoms with Crippen LogP contribution in [0.5, 0.6) is 5.75 Å². The topological polar surface area (TPSA) is 82.6 Å². The van der Waals surface area contributed by atoms with Gasteiger partial charge in [0.15, 0.2) is 6.61 Å². The SMILES string of the molecule is CC(O)CNCCNCc1ccccc1OCC(=O)NC(C)(C)C. The first-order valence-electron chi connectivity index (χ1n) is 8.39. The summed E-state index contributed by atoms with van der Waals surface area (Å²) in [5, 5.41) is 18.5. The van der Waals surface area contributed by atoms with Gasteiger partial charge in [-0.05, 0) is 33.8 Å². The lowest BCUT2D eigenvalue weighted by atomic mass is 10.1. The highest BCUT2D eigenvalue weighted by atomic mass is 16.5. The van der Waals surface area contributed by atoms with Crippen molar-refractivity contribution < 1.29 is 14.6 Å². The number of hydrogen-bond donors (Lipinski definition) is 4. The van der Waals surface area contributed by atoms with E-state index in [1.807, 2.05) is 45.0 Å². The maximum Gasteiger partial charge on any atom is 0.258 e. The zero-order valence-electron chi connectivity index (χ0n) is 15.2. The molecule has 0 aromatic heterocycles. The number of amides is 1. The molecule has 0 bridgehead atoms. The first-order valence-corrected chi connectivity index (χ1v) is 8.39. The summed E-state index contributed by atoms with van der Waals surface area (Å²) >= 11 is 0. The van der Waals surface area contributed by atoms with E-state index >= 15 is 0 Å². The molecule has 0 radical (unpaired) electrons. The smallest absolute Gasteiger partial charge is 0.258 e. The van der Waals surface area contributed by atoms with Crippen molar-refractivity contribution in [3.8, 4) is 5.75 Å². The Morgan fingerprint density at radius 2 is 1.88 bits per heavy atom. The Morgan fingerprint density at radius 1 is 1.21 bits per heavy atom. The molecule has 6 nitrogen and oxygen atoms in total. The Balaban J connectivity index is 2.37. The molecule has 1 rings (SSSR count). The largest absolute Gasteiger partial charge is 0.483 e. The van der Waals surface area contributed by atoms with E-state index in [4.69, 9.17) is 9.84 Å². The number of aliphatic hydroxyl groups excluding tert-OH is 1. The first-order chi connectivity index (χ1) is 11.3. The van der Waals surface area contributed by atoms with E-state index in [0.717, 1.165) is 18.7 Å². The van der Waals surface area contributed by atoms with Crippen LogP contribution in [0.25, 0.3) is 0 Å². The lowest BCUT2D eigenvalue weighted by Crippen LogP contribution is -2.43. The fourth-order valence-corrected chi connectivity index (χ4v) is 2.10. The van der Waals surface area contributed by atoms with Gasteiger partial charge in [-0.1, -0.05) is 18.2 Å². The number of aliphatic hydroxyl groups is 1. The Kier molecular flexibility index (Phi) is 8.74. The molecule has 0 heterocycles. The van der Waals surface area contributed by atoms with Crippen LogP contribution in [0.4, 0.5) is 0 Å². The molecule has 0 fully saturated rings. The van der Waals surface area contributed by atoms with Crippen molar-refractivity contribution in [1.29, 1.82) is 0 Å². The second kappa shape index (κ2) is 10.3. The van der Waals surface area contributed by atoms with Gasteiger partial charge < -0.3 is 25.8 Å². The van der Waals surface area contributed by atoms with Crippen LogP contribution >= 0.6 is 0 Å². The van der Waals surface area contributed by atoms with Crippen molar-refractivity contribution in [2.45, 2.75) is 45.9 Å². The summed E-state index contributed by atoms with van der Waals surface area (Å²) in [6, 6.07) is 7.69. The molecule has 1 atom stereocenters. The van der Waals surface area contributed by atoms with E-state index in [1.54, 1.807) is 6.92 Å². The van der Waals surface area contributed by atoms with Crippen molar-refractivity contribution in [1.82, 2.24) is 16.0 Å². The molecular formula is C18H31N3O3. The molecule has 1 aromatic carbocycles. The van der Waals surface area contributed by atoms with Crippen LogP contribution in [-0.4, -0.2) is 48.9 Å². The third-order valence-electron chi connectivity index (χ3n) is 3.08. The minimum Gasteiger partial charge on any atom is -0.483 e. The van der Waals surface area contributed by atoms with Gasteiger partial charge in [-0.15, -0.1) is 0 Å². The normalized spacial score (nSPS) is 12.7. The predicted octanol–water partition coefficient (Wildman–Crippen LogP) is 1.04. The number of carbonyl (C=O) groups is 1. The Hall–Kier alpha value is -1.63. The lowest BCUT2D eigenvalue weighted by Gasteiger charge is -2.20. The Morgan fingerprint density at radius 3 is 2.54 bits per heavy atom. The molecule has 0 saturated heterocycles. The summed E-state index contributed by atoms with van der Waals surface area (Å²) in [5.74, 6) is 0.582. The summed E-state index contributed by atoms with van der Waals surface area (Å²) in [6.07, 6.45) is -0.335. The summed E-state index contributed by atoms with van der Waals surface area (Å²) in [6.45, 7) is 10.4. The fraction of sp³-hybridized carbons (Fsp3) is 0.611. The van der Waals surface area contributed by atoms with Gasteiger partial charge in [0.05, 0.1) is 6.10 Å². The number of rotatable bonds is 10.